The number of hydrogen-bond acceptors (Lipinski definition) is 2. The first-order valence-corrected chi connectivity index (χ1v) is 2.74. The van der Waals surface area contributed by atoms with Crippen LogP contribution in [0.5, 0.6) is 0 Å². The van der Waals surface area contributed by atoms with Crippen molar-refractivity contribution in [3.8, 4) is 0 Å². The van der Waals surface area contributed by atoms with Crippen LogP contribution in [-0.4, -0.2) is 18.3 Å². The summed E-state index contributed by atoms with van der Waals surface area (Å²) in [7, 11) is 0. The van der Waals surface area contributed by atoms with Gasteiger partial charge in [0.15, 0.2) is 0 Å². The van der Waals surface area contributed by atoms with Crippen LogP contribution in [0.15, 0.2) is 0 Å². The summed E-state index contributed by atoms with van der Waals surface area (Å²) in [4.78, 5) is 0. The molecular weight excluding hydrogens is 84.1 g/mol. The van der Waals surface area contributed by atoms with Gasteiger partial charge in [-0.2, -0.15) is 0 Å². The number of thioether (sulfide) groups is 1. The van der Waals surface area contributed by atoms with E-state index in [9.17, 15) is 0 Å². The van der Waals surface area contributed by atoms with Crippen molar-refractivity contribution in [2.45, 2.75) is 5.44 Å². The molecule has 1 aliphatic rings. The van der Waals surface area contributed by atoms with E-state index in [1.165, 1.54) is 0 Å². The SMILES string of the molecule is [2H]C1OC1SC. The van der Waals surface area contributed by atoms with E-state index in [0.29, 0.717) is 0 Å². The third kappa shape index (κ3) is 0.816. The third-order valence-electron chi connectivity index (χ3n) is 0.480. The van der Waals surface area contributed by atoms with E-state index in [2.05, 4.69) is 0 Å². The van der Waals surface area contributed by atoms with Crippen molar-refractivity contribution < 1.29 is 6.11 Å². The van der Waals surface area contributed by atoms with Gasteiger partial charge >= 0.3 is 0 Å². The monoisotopic (exact) mass is 91.0 g/mol. The summed E-state index contributed by atoms with van der Waals surface area (Å²) in [5, 5.41) is 0. The highest BCUT2D eigenvalue weighted by Crippen LogP contribution is 2.19. The minimum absolute atomic E-state index is 0.185. The zero-order valence-corrected chi connectivity index (χ0v) is 3.79. The summed E-state index contributed by atoms with van der Waals surface area (Å²) in [6, 6.07) is 0. The van der Waals surface area contributed by atoms with Gasteiger partial charge in [-0.3, -0.25) is 0 Å². The second kappa shape index (κ2) is 1.19. The Morgan fingerprint density at radius 1 is 2.40 bits per heavy atom. The molecule has 1 fully saturated rings. The molecule has 2 heteroatoms. The van der Waals surface area contributed by atoms with Crippen LogP contribution in [0.2, 0.25) is 0 Å². The summed E-state index contributed by atoms with van der Waals surface area (Å²) in [6.07, 6.45) is 1.94. The third-order valence-corrected chi connectivity index (χ3v) is 1.17. The van der Waals surface area contributed by atoms with E-state index >= 15 is 0 Å². The Labute approximate surface area is 37.1 Å². The molecule has 0 bridgehead atoms. The van der Waals surface area contributed by atoms with E-state index in [-0.39, 0.29) is 12.0 Å². The Kier molecular flexibility index (Phi) is 0.588. The molecule has 2 atom stereocenters. The minimum atomic E-state index is -0.222. The highest BCUT2D eigenvalue weighted by atomic mass is 32.2. The molecule has 0 aliphatic carbocycles. The van der Waals surface area contributed by atoms with Crippen LogP contribution in [0.1, 0.15) is 1.37 Å². The van der Waals surface area contributed by atoms with Gasteiger partial charge in [-0.05, 0) is 6.26 Å². The largest absolute Gasteiger partial charge is 0.362 e. The Morgan fingerprint density at radius 3 is 3.00 bits per heavy atom. The molecule has 1 rings (SSSR count). The predicted molar refractivity (Wildman–Crippen MR) is 23.3 cm³/mol. The number of hydrogen-bond donors (Lipinski definition) is 0. The lowest BCUT2D eigenvalue weighted by Gasteiger charge is -1.70. The van der Waals surface area contributed by atoms with Gasteiger partial charge in [0.25, 0.3) is 0 Å². The lowest BCUT2D eigenvalue weighted by molar-refractivity contribution is 0.460. The summed E-state index contributed by atoms with van der Waals surface area (Å²) >= 11 is 1.59. The molecule has 2 unspecified atom stereocenters. The van der Waals surface area contributed by atoms with Gasteiger partial charge in [0.05, 0.1) is 7.95 Å². The molecule has 0 aromatic carbocycles. The average Bonchev–Trinajstić information content (AvgIpc) is 2.19. The van der Waals surface area contributed by atoms with Gasteiger partial charge in [0.1, 0.15) is 5.44 Å². The van der Waals surface area contributed by atoms with Crippen LogP contribution in [-0.2, 0) is 4.74 Å². The van der Waals surface area contributed by atoms with E-state index in [1.807, 2.05) is 6.26 Å². The van der Waals surface area contributed by atoms with Crippen LogP contribution >= 0.6 is 11.8 Å². The van der Waals surface area contributed by atoms with E-state index in [1.54, 1.807) is 11.8 Å². The van der Waals surface area contributed by atoms with E-state index in [4.69, 9.17) is 6.11 Å². The number of rotatable bonds is 1. The average molecular weight is 91.2 g/mol. The van der Waals surface area contributed by atoms with Gasteiger partial charge in [-0.1, -0.05) is 0 Å². The molecule has 5 heavy (non-hydrogen) atoms. The molecule has 1 aliphatic heterocycles. The Hall–Kier alpha value is 0.310. The van der Waals surface area contributed by atoms with Crippen LogP contribution < -0.4 is 0 Å². The van der Waals surface area contributed by atoms with Gasteiger partial charge in [0, 0.05) is 0 Å². The van der Waals surface area contributed by atoms with Crippen LogP contribution in [0.3, 0.4) is 0 Å². The molecule has 1 saturated heterocycles. The zero-order valence-electron chi connectivity index (χ0n) is 3.97. The van der Waals surface area contributed by atoms with Crippen molar-refractivity contribution in [1.82, 2.24) is 0 Å². The lowest BCUT2D eigenvalue weighted by atomic mass is 11.0. The Balaban J connectivity index is 2.09. The first-order valence-electron chi connectivity index (χ1n) is 2.03. The standard InChI is InChI=1S/C3H6OS/c1-5-3-2-4-3/h3H,2H2,1H3/i2D. The van der Waals surface area contributed by atoms with Crippen molar-refractivity contribution in [2.75, 3.05) is 12.8 Å². The minimum Gasteiger partial charge on any atom is -0.362 e. The zero-order chi connectivity index (χ0) is 4.57. The molecule has 0 saturated carbocycles. The second-order valence-corrected chi connectivity index (χ2v) is 1.81. The summed E-state index contributed by atoms with van der Waals surface area (Å²) in [5.41, 5.74) is 0.185. The van der Waals surface area contributed by atoms with Crippen molar-refractivity contribution in [3.05, 3.63) is 0 Å². The smallest absolute Gasteiger partial charge is 0.126 e. The maximum absolute atomic E-state index is 6.81. The summed E-state index contributed by atoms with van der Waals surface area (Å²) in [6.45, 7) is -0.222. The van der Waals surface area contributed by atoms with Crippen molar-refractivity contribution in [1.29, 1.82) is 0 Å². The second-order valence-electron chi connectivity index (χ2n) is 0.876. The van der Waals surface area contributed by atoms with Gasteiger partial charge in [0.2, 0.25) is 0 Å². The molecule has 30 valence electrons. The molecule has 0 amide bonds. The summed E-state index contributed by atoms with van der Waals surface area (Å²) < 4.78 is 11.5. The fraction of sp³-hybridized carbons (Fsp3) is 1.00. The fourth-order valence-corrected chi connectivity index (χ4v) is 0.430. The molecule has 1 heterocycles. The summed E-state index contributed by atoms with van der Waals surface area (Å²) in [5.74, 6) is 0. The highest BCUT2D eigenvalue weighted by molar-refractivity contribution is 7.99. The topological polar surface area (TPSA) is 12.5 Å². The predicted octanol–water partition coefficient (Wildman–Crippen LogP) is 0.706. The molecule has 0 radical (unpaired) electrons. The fourth-order valence-electron chi connectivity index (χ4n) is 0.143. The first kappa shape index (κ1) is 2.48. The van der Waals surface area contributed by atoms with Crippen molar-refractivity contribution in [3.63, 3.8) is 0 Å². The molecule has 0 N–H and O–H groups in total. The van der Waals surface area contributed by atoms with Crippen LogP contribution in [0.4, 0.5) is 0 Å². The van der Waals surface area contributed by atoms with Crippen LogP contribution in [0.25, 0.3) is 0 Å². The van der Waals surface area contributed by atoms with Crippen LogP contribution in [0, 0.1) is 0 Å². The normalized spacial score (nSPS) is 51.8. The van der Waals surface area contributed by atoms with Gasteiger partial charge < -0.3 is 4.74 Å². The number of ether oxygens (including phenoxy) is 1. The Morgan fingerprint density at radius 2 is 3.00 bits per heavy atom. The lowest BCUT2D eigenvalue weighted by Crippen LogP contribution is -1.64. The number of epoxide rings is 1. The van der Waals surface area contributed by atoms with Gasteiger partial charge in [-0.15, -0.1) is 11.8 Å². The quantitative estimate of drug-likeness (QED) is 0.440. The molecular formula is C3H6OS. The molecule has 0 aromatic rings. The maximum atomic E-state index is 6.81. The maximum Gasteiger partial charge on any atom is 0.126 e. The van der Waals surface area contributed by atoms with E-state index < -0.39 is 0 Å². The Bertz CT molecular complexity index is 56.8. The first-order chi connectivity index (χ1) is 2.84. The van der Waals surface area contributed by atoms with Gasteiger partial charge in [-0.25, -0.2) is 0 Å². The van der Waals surface area contributed by atoms with E-state index in [0.717, 1.165) is 0 Å². The molecule has 1 nitrogen and oxygen atoms in total. The molecule has 0 spiro atoms. The highest BCUT2D eigenvalue weighted by Gasteiger charge is 2.19. The molecule has 0 aromatic heterocycles. The van der Waals surface area contributed by atoms with Crippen molar-refractivity contribution in [2.24, 2.45) is 0 Å². The van der Waals surface area contributed by atoms with Crippen molar-refractivity contribution >= 4 is 11.8 Å².